The molecule has 2 fully saturated rings. The van der Waals surface area contributed by atoms with E-state index in [2.05, 4.69) is 10.2 Å². The number of anilines is 1. The van der Waals surface area contributed by atoms with E-state index in [1.807, 2.05) is 61.5 Å². The molecule has 28 heavy (non-hydrogen) atoms. The van der Waals surface area contributed by atoms with Gasteiger partial charge in [0.15, 0.2) is 0 Å². The molecule has 1 N–H and O–H groups in total. The Morgan fingerprint density at radius 2 is 1.79 bits per heavy atom. The highest BCUT2D eigenvalue weighted by Gasteiger charge is 2.41. The van der Waals surface area contributed by atoms with Crippen LogP contribution < -0.4 is 10.1 Å². The minimum absolute atomic E-state index is 0.0130. The Morgan fingerprint density at radius 1 is 1.07 bits per heavy atom. The third-order valence-corrected chi connectivity index (χ3v) is 5.63. The second-order valence-corrected chi connectivity index (χ2v) is 7.70. The van der Waals surface area contributed by atoms with Crippen LogP contribution in [-0.2, 0) is 9.53 Å². The third-order valence-electron chi connectivity index (χ3n) is 5.63. The summed E-state index contributed by atoms with van der Waals surface area (Å²) in [4.78, 5) is 15.4. The highest BCUT2D eigenvalue weighted by atomic mass is 16.5. The van der Waals surface area contributed by atoms with Gasteiger partial charge in [0.1, 0.15) is 11.9 Å². The molecule has 0 radical (unpaired) electrons. The Kier molecular flexibility index (Phi) is 5.93. The maximum Gasteiger partial charge on any atom is 0.241 e. The fourth-order valence-corrected chi connectivity index (χ4v) is 4.14. The lowest BCUT2D eigenvalue weighted by atomic mass is 10.1. The molecule has 5 heteroatoms. The van der Waals surface area contributed by atoms with Crippen molar-refractivity contribution in [1.29, 1.82) is 0 Å². The van der Waals surface area contributed by atoms with Crippen molar-refractivity contribution in [1.82, 2.24) is 4.90 Å². The molecule has 4 rings (SSSR count). The molecule has 2 aliphatic heterocycles. The minimum atomic E-state index is -0.182. The van der Waals surface area contributed by atoms with Crippen molar-refractivity contribution < 1.29 is 14.3 Å². The summed E-state index contributed by atoms with van der Waals surface area (Å²) in [6.07, 6.45) is 2.64. The summed E-state index contributed by atoms with van der Waals surface area (Å²) < 4.78 is 11.7. The lowest BCUT2D eigenvalue weighted by molar-refractivity contribution is -0.121. The van der Waals surface area contributed by atoms with Crippen LogP contribution in [0, 0.1) is 6.92 Å². The molecule has 2 aromatic carbocycles. The predicted molar refractivity (Wildman–Crippen MR) is 110 cm³/mol. The van der Waals surface area contributed by atoms with Gasteiger partial charge in [-0.05, 0) is 44.0 Å². The molecule has 2 saturated heterocycles. The summed E-state index contributed by atoms with van der Waals surface area (Å²) in [5.74, 6) is 0.911. The summed E-state index contributed by atoms with van der Waals surface area (Å²) in [5, 5.41) is 3.10. The van der Waals surface area contributed by atoms with Gasteiger partial charge in [0, 0.05) is 37.9 Å². The van der Waals surface area contributed by atoms with E-state index in [9.17, 15) is 4.79 Å². The van der Waals surface area contributed by atoms with Crippen LogP contribution in [0.15, 0.2) is 54.6 Å². The molecule has 0 bridgehead atoms. The average molecular weight is 380 g/mol. The van der Waals surface area contributed by atoms with Crippen LogP contribution in [0.2, 0.25) is 0 Å². The molecule has 2 atom stereocenters. The molecule has 5 nitrogen and oxygen atoms in total. The summed E-state index contributed by atoms with van der Waals surface area (Å²) in [6, 6.07) is 18.0. The molecule has 0 unspecified atom stereocenters. The van der Waals surface area contributed by atoms with Gasteiger partial charge in [-0.2, -0.15) is 0 Å². The van der Waals surface area contributed by atoms with E-state index in [0.29, 0.717) is 12.5 Å². The Bertz CT molecular complexity index is 772. The third kappa shape index (κ3) is 4.54. The number of hydrogen-bond acceptors (Lipinski definition) is 4. The average Bonchev–Trinajstić information content (AvgIpc) is 3.15. The van der Waals surface area contributed by atoms with Gasteiger partial charge in [-0.1, -0.05) is 35.9 Å². The zero-order valence-electron chi connectivity index (χ0n) is 16.3. The normalized spacial score (nSPS) is 23.5. The van der Waals surface area contributed by atoms with E-state index < -0.39 is 0 Å². The number of rotatable bonds is 5. The van der Waals surface area contributed by atoms with Crippen molar-refractivity contribution in [3.8, 4) is 5.75 Å². The maximum absolute atomic E-state index is 13.1. The molecule has 1 amide bonds. The zero-order chi connectivity index (χ0) is 19.3. The lowest BCUT2D eigenvalue weighted by Gasteiger charge is -2.34. The quantitative estimate of drug-likeness (QED) is 0.861. The first kappa shape index (κ1) is 19.0. The van der Waals surface area contributed by atoms with Crippen LogP contribution in [0.1, 0.15) is 24.8 Å². The van der Waals surface area contributed by atoms with Gasteiger partial charge in [0.2, 0.25) is 5.91 Å². The summed E-state index contributed by atoms with van der Waals surface area (Å²) in [7, 11) is 0. The highest BCUT2D eigenvalue weighted by molar-refractivity contribution is 5.95. The van der Waals surface area contributed by atoms with Crippen LogP contribution in [0.3, 0.4) is 0 Å². The number of likely N-dealkylation sites (tertiary alicyclic amines) is 1. The van der Waals surface area contributed by atoms with Crippen LogP contribution in [-0.4, -0.2) is 48.8 Å². The number of nitrogens with zero attached hydrogens (tertiary/aromatic N) is 1. The van der Waals surface area contributed by atoms with Crippen LogP contribution in [0.4, 0.5) is 5.69 Å². The predicted octanol–water partition coefficient (Wildman–Crippen LogP) is 3.63. The largest absolute Gasteiger partial charge is 0.489 e. The molecule has 0 aromatic heterocycles. The van der Waals surface area contributed by atoms with E-state index in [0.717, 1.165) is 44.0 Å². The zero-order valence-corrected chi connectivity index (χ0v) is 16.3. The molecule has 0 saturated carbocycles. The van der Waals surface area contributed by atoms with E-state index in [4.69, 9.17) is 9.47 Å². The first-order chi connectivity index (χ1) is 13.7. The fraction of sp³-hybridized carbons (Fsp3) is 0.435. The van der Waals surface area contributed by atoms with Crippen LogP contribution in [0.5, 0.6) is 5.75 Å². The first-order valence-electron chi connectivity index (χ1n) is 10.1. The van der Waals surface area contributed by atoms with Crippen molar-refractivity contribution >= 4 is 11.6 Å². The van der Waals surface area contributed by atoms with Gasteiger partial charge in [-0.25, -0.2) is 0 Å². The minimum Gasteiger partial charge on any atom is -0.489 e. The maximum atomic E-state index is 13.1. The van der Waals surface area contributed by atoms with Gasteiger partial charge in [0.05, 0.1) is 6.04 Å². The number of para-hydroxylation sites is 1. The first-order valence-corrected chi connectivity index (χ1v) is 10.1. The number of aryl methyl sites for hydroxylation is 1. The summed E-state index contributed by atoms with van der Waals surface area (Å²) in [6.45, 7) is 4.34. The van der Waals surface area contributed by atoms with Crippen molar-refractivity contribution in [2.75, 3.05) is 25.1 Å². The molecular weight excluding hydrogens is 352 g/mol. The van der Waals surface area contributed by atoms with Gasteiger partial charge >= 0.3 is 0 Å². The molecule has 0 aliphatic carbocycles. The Hall–Kier alpha value is -2.37. The molecule has 148 valence electrons. The van der Waals surface area contributed by atoms with E-state index in [-0.39, 0.29) is 18.1 Å². The number of nitrogens with one attached hydrogen (secondary N) is 1. The number of carbonyl (C=O) groups is 1. The van der Waals surface area contributed by atoms with E-state index in [1.54, 1.807) is 0 Å². The van der Waals surface area contributed by atoms with E-state index in [1.165, 1.54) is 5.56 Å². The molecule has 0 spiro atoms. The number of amides is 1. The Labute approximate surface area is 166 Å². The number of carbonyl (C=O) groups excluding carboxylic acids is 1. The van der Waals surface area contributed by atoms with Gasteiger partial charge in [0.25, 0.3) is 0 Å². The topological polar surface area (TPSA) is 50.8 Å². The second-order valence-electron chi connectivity index (χ2n) is 7.70. The number of hydrogen-bond donors (Lipinski definition) is 1. The molecule has 2 aromatic rings. The fourth-order valence-electron chi connectivity index (χ4n) is 4.14. The Morgan fingerprint density at radius 3 is 2.50 bits per heavy atom. The number of benzene rings is 2. The molecule has 2 aliphatic rings. The monoisotopic (exact) mass is 380 g/mol. The van der Waals surface area contributed by atoms with E-state index >= 15 is 0 Å². The van der Waals surface area contributed by atoms with Crippen LogP contribution in [0.25, 0.3) is 0 Å². The van der Waals surface area contributed by atoms with Gasteiger partial charge < -0.3 is 14.8 Å². The smallest absolute Gasteiger partial charge is 0.241 e. The number of ether oxygens (including phenoxy) is 2. The second kappa shape index (κ2) is 8.76. The summed E-state index contributed by atoms with van der Waals surface area (Å²) >= 11 is 0. The lowest BCUT2D eigenvalue weighted by Crippen LogP contribution is -2.47. The van der Waals surface area contributed by atoms with Crippen molar-refractivity contribution in [2.24, 2.45) is 0 Å². The van der Waals surface area contributed by atoms with Crippen molar-refractivity contribution in [3.05, 3.63) is 60.2 Å². The SMILES string of the molecule is Cc1ccc(NC(=O)[C@@H]2C[C@H](Oc3ccccc3)CN2C2CCOCC2)cc1. The molecular formula is C23H28N2O3. The standard InChI is InChI=1S/C23H28N2O3/c1-17-7-9-18(10-8-17)24-23(26)22-15-21(28-20-5-3-2-4-6-20)16-25(22)19-11-13-27-14-12-19/h2-10,19,21-22H,11-16H2,1H3,(H,24,26)/t21-,22-/m0/s1. The van der Waals surface area contributed by atoms with Crippen molar-refractivity contribution in [2.45, 2.75) is 44.4 Å². The van der Waals surface area contributed by atoms with Crippen molar-refractivity contribution in [3.63, 3.8) is 0 Å². The van der Waals surface area contributed by atoms with Crippen LogP contribution >= 0.6 is 0 Å². The highest BCUT2D eigenvalue weighted by Crippen LogP contribution is 2.29. The Balaban J connectivity index is 1.47. The van der Waals surface area contributed by atoms with Gasteiger partial charge in [-0.3, -0.25) is 9.69 Å². The van der Waals surface area contributed by atoms with Gasteiger partial charge in [-0.15, -0.1) is 0 Å². The summed E-state index contributed by atoms with van der Waals surface area (Å²) in [5.41, 5.74) is 2.02. The molecule has 2 heterocycles.